The third-order valence-electron chi connectivity index (χ3n) is 10.3. The van der Waals surface area contributed by atoms with E-state index < -0.39 is 0 Å². The fourth-order valence-electron chi connectivity index (χ4n) is 6.99. The highest BCUT2D eigenvalue weighted by molar-refractivity contribution is 9.10. The molecule has 0 heterocycles. The lowest BCUT2D eigenvalue weighted by molar-refractivity contribution is -0.193. The molecule has 10 nitrogen and oxygen atoms in total. The number of hydrogen-bond donors (Lipinski definition) is 0. The Hall–Kier alpha value is -4.58. The molecule has 0 radical (unpaired) electrons. The van der Waals surface area contributed by atoms with Crippen molar-refractivity contribution in [2.75, 3.05) is 54.2 Å². The summed E-state index contributed by atoms with van der Waals surface area (Å²) in [6.45, 7) is 6.84. The van der Waals surface area contributed by atoms with E-state index in [4.69, 9.17) is 47.6 Å². The highest BCUT2D eigenvalue weighted by atomic mass is 79.9. The summed E-state index contributed by atoms with van der Waals surface area (Å²) in [5.41, 5.74) is 9.74. The second kappa shape index (κ2) is 47.1. The van der Waals surface area contributed by atoms with E-state index in [0.29, 0.717) is 26.4 Å². The molecule has 0 aliphatic carbocycles. The molecule has 0 fully saturated rings. The second-order valence-corrected chi connectivity index (χ2v) is 22.8. The fourth-order valence-corrected chi connectivity index (χ4v) is 7.78. The Morgan fingerprint density at radius 3 is 1.25 bits per heavy atom. The van der Waals surface area contributed by atoms with Crippen LogP contribution < -0.4 is 9.47 Å². The van der Waals surface area contributed by atoms with Gasteiger partial charge in [0.1, 0.15) is 11.5 Å². The van der Waals surface area contributed by atoms with Crippen molar-refractivity contribution in [1.82, 2.24) is 0 Å². The molecule has 0 aliphatic rings. The summed E-state index contributed by atoms with van der Waals surface area (Å²) in [7, 11) is 6.57. The lowest BCUT2D eigenvalue weighted by Crippen LogP contribution is -2.09. The van der Waals surface area contributed by atoms with Gasteiger partial charge in [0.2, 0.25) is 0 Å². The maximum atomic E-state index is 8.12. The van der Waals surface area contributed by atoms with Gasteiger partial charge in [-0.2, -0.15) is 19.2 Å². The van der Waals surface area contributed by atoms with E-state index >= 15 is 0 Å². The van der Waals surface area contributed by atoms with Crippen molar-refractivity contribution in [1.29, 1.82) is 0 Å². The predicted octanol–water partition coefficient (Wildman–Crippen LogP) is 13.2. The lowest BCUT2D eigenvalue weighted by atomic mass is 9.96. The minimum atomic E-state index is 0.208. The average Bonchev–Trinajstić information content (AvgIpc) is 3.46. The van der Waals surface area contributed by atoms with E-state index in [1.807, 2.05) is 42.5 Å². The molecule has 0 amide bonds. The zero-order valence-electron chi connectivity index (χ0n) is 43.3. The van der Waals surface area contributed by atoms with Crippen molar-refractivity contribution in [3.8, 4) is 22.6 Å². The fraction of sp³-hybridized carbons (Fsp3) is 0.207. The Balaban J connectivity index is 0.000000558. The average molecular weight is 1360 g/mol. The van der Waals surface area contributed by atoms with E-state index in [-0.39, 0.29) is 25.9 Å². The Morgan fingerprint density at radius 2 is 0.797 bits per heavy atom. The molecule has 0 saturated heterocycles. The van der Waals surface area contributed by atoms with Gasteiger partial charge in [-0.05, 0) is 117 Å². The molecular weight excluding hydrogens is 1310 g/mol. The lowest BCUT2D eigenvalue weighted by Gasteiger charge is -2.14. The molecule has 0 atom stereocenters. The van der Waals surface area contributed by atoms with Gasteiger partial charge < -0.3 is 28.4 Å². The minimum Gasteiger partial charge on any atom is -0.467 e. The van der Waals surface area contributed by atoms with Gasteiger partial charge in [0.05, 0.1) is 26.4 Å². The first-order valence-electron chi connectivity index (χ1n) is 23.1. The molecule has 0 aliphatic heterocycles. The van der Waals surface area contributed by atoms with Gasteiger partial charge in [-0.1, -0.05) is 164 Å². The van der Waals surface area contributed by atoms with Crippen LogP contribution in [0.2, 0.25) is 0 Å². The van der Waals surface area contributed by atoms with Crippen molar-refractivity contribution in [2.45, 2.75) is 26.7 Å². The van der Waals surface area contributed by atoms with Crippen LogP contribution in [0.4, 0.5) is 0 Å². The summed E-state index contributed by atoms with van der Waals surface area (Å²) >= 11 is 31.2. The van der Waals surface area contributed by atoms with E-state index in [1.165, 1.54) is 72.7 Å². The zero-order valence-corrected chi connectivity index (χ0v) is 53.9. The largest absolute Gasteiger partial charge is 0.467 e. The van der Waals surface area contributed by atoms with Crippen molar-refractivity contribution >= 4 is 159 Å². The molecule has 79 heavy (non-hydrogen) atoms. The first-order valence-corrected chi connectivity index (χ1v) is 32.7. The summed E-state index contributed by atoms with van der Waals surface area (Å²) in [6.07, 6.45) is 2.13. The van der Waals surface area contributed by atoms with Crippen molar-refractivity contribution < 1.29 is 47.6 Å². The van der Waals surface area contributed by atoms with E-state index in [1.54, 1.807) is 14.2 Å². The highest BCUT2D eigenvalue weighted by Gasteiger charge is 2.10. The summed E-state index contributed by atoms with van der Waals surface area (Å²) in [5.74, 6) is 1.70. The Morgan fingerprint density at radius 1 is 0.443 bits per heavy atom. The smallest absolute Gasteiger partial charge is 0.373 e. The third-order valence-corrected chi connectivity index (χ3v) is 13.5. The van der Waals surface area contributed by atoms with Crippen LogP contribution in [0.3, 0.4) is 0 Å². The second-order valence-electron chi connectivity index (χ2n) is 15.7. The summed E-state index contributed by atoms with van der Waals surface area (Å²) in [4.78, 5) is 32.5. The molecule has 0 unspecified atom stereocenters. The molecule has 8 aromatic carbocycles. The van der Waals surface area contributed by atoms with Crippen molar-refractivity contribution in [3.63, 3.8) is 0 Å². The zero-order chi connectivity index (χ0) is 58.5. The molecule has 0 aromatic heterocycles. The molecule has 21 heteroatoms. The summed E-state index contributed by atoms with van der Waals surface area (Å²) < 4.78 is 34.7. The maximum Gasteiger partial charge on any atom is 0.373 e. The predicted molar refractivity (Wildman–Crippen MR) is 346 cm³/mol. The van der Waals surface area contributed by atoms with Gasteiger partial charge in [0.25, 0.3) is 0 Å². The Bertz CT molecular complexity index is 3120. The Labute approximate surface area is 517 Å². The number of fused-ring (bicyclic) bond motifs is 2. The van der Waals surface area contributed by atoms with Crippen LogP contribution in [-0.2, 0) is 145 Å². The van der Waals surface area contributed by atoms with Crippen LogP contribution in [-0.4, -0.2) is 66.5 Å². The molecule has 0 saturated carbocycles. The van der Waals surface area contributed by atoms with Crippen LogP contribution in [0.25, 0.3) is 32.7 Å². The number of benzene rings is 8. The molecule has 0 bridgehead atoms. The number of hydrogen-bond acceptors (Lipinski definition) is 16. The van der Waals surface area contributed by atoms with Gasteiger partial charge in [0, 0.05) is 130 Å². The number of aryl methyl sites for hydroxylation is 2. The number of carbonyl (C=O) groups excluding carboxylic acids is 4. The summed E-state index contributed by atoms with van der Waals surface area (Å²) in [5, 5.41) is 5.11. The van der Waals surface area contributed by atoms with Gasteiger partial charge in [-0.25, -0.2) is 0 Å². The molecule has 8 aromatic rings. The molecule has 0 spiro atoms. The van der Waals surface area contributed by atoms with E-state index in [2.05, 4.69) is 240 Å². The highest BCUT2D eigenvalue weighted by Crippen LogP contribution is 2.31. The molecule has 0 N–H and O–H groups in total. The molecule has 416 valence electrons. The number of halogens is 2. The topological polar surface area (TPSA) is 124 Å². The number of ether oxygens (including phenoxy) is 6. The number of rotatable bonds is 17. The van der Waals surface area contributed by atoms with Gasteiger partial charge in [-0.15, -0.1) is 0 Å². The van der Waals surface area contributed by atoms with Crippen LogP contribution in [0.5, 0.6) is 11.5 Å². The summed E-state index contributed by atoms with van der Waals surface area (Å²) in [6, 6.07) is 59.2. The van der Waals surface area contributed by atoms with Crippen LogP contribution in [0.15, 0.2) is 179 Å². The van der Waals surface area contributed by atoms with Crippen molar-refractivity contribution in [2.24, 2.45) is 0 Å². The third kappa shape index (κ3) is 31.9. The van der Waals surface area contributed by atoms with Gasteiger partial charge >= 0.3 is 12.3 Å². The Kier molecular flexibility index (Phi) is 43.2. The van der Waals surface area contributed by atoms with Gasteiger partial charge in [0.15, 0.2) is 13.6 Å². The van der Waals surface area contributed by atoms with Crippen molar-refractivity contribution in [3.05, 3.63) is 212 Å². The standard InChI is InChI=1S/C28H28O3.C17H19BrO3.C11H9Br.2CO2.S4.S3.S2/c1-21-8-9-24-18-25(11-10-23(24)16-21)26-12-13-28(31-20-30-15-14-29-2)27(19-26)17-22-6-4-3-5-7-22;1-19-9-10-20-13-21-17-8-7-16(18)12-15(17)11-14-5-3-2-4-6-14;1-8-2-3-10-7-11(12)5-4-9(10)6-8;2*2-1-3;1-3-4-2;1-3-2;1-2/h3-13,16,18-19H,14-15,17,20H2,1-2H3;2-8,12H,9-11,13H2,1H3;2-7H,1H3;;;;;. The minimum absolute atomic E-state index is 0.208. The number of methoxy groups -OCH3 is 2. The first kappa shape index (κ1) is 72.4. The molecular formula is C58H56Br2O10S9. The monoisotopic (exact) mass is 1360 g/mol. The first-order chi connectivity index (χ1) is 38.4. The van der Waals surface area contributed by atoms with Crippen LogP contribution in [0, 0.1) is 13.8 Å². The normalized spacial score (nSPS) is 9.39. The van der Waals surface area contributed by atoms with Crippen LogP contribution in [0.1, 0.15) is 33.4 Å². The van der Waals surface area contributed by atoms with E-state index in [9.17, 15) is 0 Å². The quantitative estimate of drug-likeness (QED) is 0.0634. The van der Waals surface area contributed by atoms with Gasteiger partial charge in [-0.3, -0.25) is 0 Å². The van der Waals surface area contributed by atoms with Crippen LogP contribution >= 0.6 is 31.9 Å². The molecule has 8 rings (SSSR count). The van der Waals surface area contributed by atoms with E-state index in [0.717, 1.165) is 53.3 Å². The maximum absolute atomic E-state index is 8.12. The SMILES string of the molecule is COCCOCOc1ccc(-c2ccc3cc(C)ccc3c2)cc1Cc1ccccc1.COCCOCOc1ccc(Br)cc1Cc1ccccc1.Cc1ccc2cc(Br)ccc2c1.O=C=O.O=C=O.S=S.S=S=S.S=S=S=S.